The number of hydrogen-bond acceptors (Lipinski definition) is 10. The molecule has 3 atom stereocenters. The standard InChI is InChI=1S/C44H75O11P/c1-3-5-7-8-9-10-11-12-13-14-15-16-17-20-24-27-31-35-44(49)55-42(39-54-56(50,51)53-37-41(47)36-45)38-52-43(48)34-30-26-23-21-18-19-22-25-29-33-40(46)32-28-6-4-2/h12-13,15-16,20,22,24-25,29,33,41-42,45,47H,3-11,14,17-19,21,23,26-28,30-32,34-39H2,1-2H3,(H,50,51)/b13-12-,16-15-,24-20-,25-22-,33-29+/t41-,42+/m0/s1. The number of carbonyl (C=O) groups is 3. The molecule has 0 saturated carbocycles. The van der Waals surface area contributed by atoms with E-state index in [9.17, 15) is 28.9 Å². The van der Waals surface area contributed by atoms with Crippen LogP contribution < -0.4 is 0 Å². The molecule has 0 fully saturated rings. The first-order valence-electron chi connectivity index (χ1n) is 21.2. The maximum atomic E-state index is 12.6. The van der Waals surface area contributed by atoms with Gasteiger partial charge in [0.25, 0.3) is 0 Å². The van der Waals surface area contributed by atoms with Gasteiger partial charge in [-0.1, -0.05) is 133 Å². The van der Waals surface area contributed by atoms with Crippen LogP contribution in [0.25, 0.3) is 0 Å². The number of aliphatic hydroxyl groups is 2. The van der Waals surface area contributed by atoms with Crippen LogP contribution in [0.15, 0.2) is 60.8 Å². The molecule has 0 rings (SSSR count). The van der Waals surface area contributed by atoms with Gasteiger partial charge in [0, 0.05) is 19.3 Å². The predicted molar refractivity (Wildman–Crippen MR) is 224 cm³/mol. The molecule has 0 aromatic rings. The topological polar surface area (TPSA) is 166 Å². The van der Waals surface area contributed by atoms with Crippen LogP contribution in [-0.4, -0.2) is 71.5 Å². The quantitative estimate of drug-likeness (QED) is 0.0135. The van der Waals surface area contributed by atoms with Gasteiger partial charge in [-0.3, -0.25) is 23.4 Å². The smallest absolute Gasteiger partial charge is 0.462 e. The Bertz CT molecular complexity index is 1180. The molecular weight excluding hydrogens is 735 g/mol. The largest absolute Gasteiger partial charge is 0.472 e. The number of esters is 2. The summed E-state index contributed by atoms with van der Waals surface area (Å²) in [5.74, 6) is -0.889. The average molecular weight is 811 g/mol. The highest BCUT2D eigenvalue weighted by Crippen LogP contribution is 2.43. The summed E-state index contributed by atoms with van der Waals surface area (Å²) in [7, 11) is -4.65. The number of hydrogen-bond donors (Lipinski definition) is 3. The first-order valence-corrected chi connectivity index (χ1v) is 22.7. The second-order valence-corrected chi connectivity index (χ2v) is 15.5. The van der Waals surface area contributed by atoms with Gasteiger partial charge in [0.1, 0.15) is 12.7 Å². The van der Waals surface area contributed by atoms with E-state index in [4.69, 9.17) is 19.1 Å². The Morgan fingerprint density at radius 3 is 1.77 bits per heavy atom. The van der Waals surface area contributed by atoms with Crippen molar-refractivity contribution in [1.82, 2.24) is 0 Å². The van der Waals surface area contributed by atoms with Crippen molar-refractivity contribution in [2.24, 2.45) is 0 Å². The molecule has 0 aliphatic heterocycles. The molecule has 0 bridgehead atoms. The Morgan fingerprint density at radius 1 is 0.589 bits per heavy atom. The fourth-order valence-corrected chi connectivity index (χ4v) is 6.07. The van der Waals surface area contributed by atoms with Crippen LogP contribution in [0.4, 0.5) is 0 Å². The zero-order valence-electron chi connectivity index (χ0n) is 34.6. The van der Waals surface area contributed by atoms with Gasteiger partial charge < -0.3 is 24.6 Å². The Balaban J connectivity index is 4.48. The third-order valence-corrected chi connectivity index (χ3v) is 9.57. The number of unbranched alkanes of at least 4 members (excludes halogenated alkanes) is 14. The van der Waals surface area contributed by atoms with E-state index >= 15 is 0 Å². The van der Waals surface area contributed by atoms with Crippen LogP contribution in [0.2, 0.25) is 0 Å². The number of carbonyl (C=O) groups excluding carboxylic acids is 3. The third kappa shape index (κ3) is 38.2. The lowest BCUT2D eigenvalue weighted by atomic mass is 10.1. The van der Waals surface area contributed by atoms with E-state index in [0.29, 0.717) is 25.7 Å². The summed E-state index contributed by atoms with van der Waals surface area (Å²) < 4.78 is 32.6. The van der Waals surface area contributed by atoms with Crippen LogP contribution in [0.5, 0.6) is 0 Å². The zero-order chi connectivity index (χ0) is 41.4. The second kappa shape index (κ2) is 39.2. The molecule has 12 heteroatoms. The van der Waals surface area contributed by atoms with Crippen molar-refractivity contribution in [3.63, 3.8) is 0 Å². The highest BCUT2D eigenvalue weighted by atomic mass is 31.2. The fourth-order valence-electron chi connectivity index (χ4n) is 5.28. The van der Waals surface area contributed by atoms with E-state index in [1.165, 1.54) is 38.5 Å². The summed E-state index contributed by atoms with van der Waals surface area (Å²) in [6, 6.07) is 0. The van der Waals surface area contributed by atoms with E-state index in [1.54, 1.807) is 12.2 Å². The van der Waals surface area contributed by atoms with E-state index in [0.717, 1.165) is 70.6 Å². The van der Waals surface area contributed by atoms with Gasteiger partial charge >= 0.3 is 19.8 Å². The molecule has 0 radical (unpaired) electrons. The Hall–Kier alpha value is -2.66. The van der Waals surface area contributed by atoms with Gasteiger partial charge in [-0.15, -0.1) is 0 Å². The van der Waals surface area contributed by atoms with E-state index in [2.05, 4.69) is 48.8 Å². The molecule has 3 N–H and O–H groups in total. The molecule has 56 heavy (non-hydrogen) atoms. The second-order valence-electron chi connectivity index (χ2n) is 14.0. The summed E-state index contributed by atoms with van der Waals surface area (Å²) in [5, 5.41) is 18.3. The maximum Gasteiger partial charge on any atom is 0.472 e. The van der Waals surface area contributed by atoms with Gasteiger partial charge in [-0.25, -0.2) is 4.57 Å². The zero-order valence-corrected chi connectivity index (χ0v) is 35.5. The van der Waals surface area contributed by atoms with Crippen LogP contribution in [0.3, 0.4) is 0 Å². The molecule has 0 aromatic heterocycles. The SMILES string of the molecule is CCCCCCCC/C=C\C/C=C\C/C=C\CCCC(=O)O[C@H](COC(=O)CCCCCCC/C=C\C=C\C(=O)CCCCC)COP(=O)(O)OC[C@@H](O)CO. The predicted octanol–water partition coefficient (Wildman–Crippen LogP) is 10.3. The van der Waals surface area contributed by atoms with E-state index in [1.807, 2.05) is 18.2 Å². The minimum Gasteiger partial charge on any atom is -0.462 e. The molecular formula is C44H75O11P. The lowest BCUT2D eigenvalue weighted by Crippen LogP contribution is -2.29. The van der Waals surface area contributed by atoms with Crippen molar-refractivity contribution in [2.75, 3.05) is 26.4 Å². The number of aliphatic hydroxyl groups excluding tert-OH is 2. The van der Waals surface area contributed by atoms with Gasteiger partial charge in [0.2, 0.25) is 0 Å². The van der Waals surface area contributed by atoms with Gasteiger partial charge in [-0.2, -0.15) is 0 Å². The van der Waals surface area contributed by atoms with Crippen LogP contribution in [0.1, 0.15) is 162 Å². The Labute approximate surface area is 338 Å². The Kier molecular flexibility index (Phi) is 37.3. The number of ether oxygens (including phenoxy) is 2. The van der Waals surface area contributed by atoms with Crippen molar-refractivity contribution in [2.45, 2.75) is 174 Å². The van der Waals surface area contributed by atoms with Crippen molar-refractivity contribution in [1.29, 1.82) is 0 Å². The number of ketones is 1. The third-order valence-electron chi connectivity index (χ3n) is 8.62. The molecule has 0 heterocycles. The lowest BCUT2D eigenvalue weighted by molar-refractivity contribution is -0.161. The summed E-state index contributed by atoms with van der Waals surface area (Å²) in [4.78, 5) is 46.7. The highest BCUT2D eigenvalue weighted by Gasteiger charge is 2.27. The van der Waals surface area contributed by atoms with Crippen molar-refractivity contribution >= 4 is 25.5 Å². The molecule has 1 unspecified atom stereocenters. The molecule has 11 nitrogen and oxygen atoms in total. The van der Waals surface area contributed by atoms with Crippen molar-refractivity contribution in [3.05, 3.63) is 60.8 Å². The molecule has 0 aromatic carbocycles. The van der Waals surface area contributed by atoms with E-state index < -0.39 is 51.8 Å². The minimum atomic E-state index is -4.65. The monoisotopic (exact) mass is 811 g/mol. The molecule has 0 aliphatic rings. The van der Waals surface area contributed by atoms with Crippen molar-refractivity contribution < 1.29 is 52.6 Å². The van der Waals surface area contributed by atoms with Crippen molar-refractivity contribution in [3.8, 4) is 0 Å². The normalized spacial score (nSPS) is 14.4. The summed E-state index contributed by atoms with van der Waals surface area (Å²) in [6.07, 6.45) is 38.9. The molecule has 322 valence electrons. The minimum absolute atomic E-state index is 0.0926. The van der Waals surface area contributed by atoms with Crippen LogP contribution in [-0.2, 0) is 37.5 Å². The van der Waals surface area contributed by atoms with Crippen LogP contribution in [0, 0.1) is 0 Å². The number of allylic oxidation sites excluding steroid dienone is 10. The first-order chi connectivity index (χ1) is 27.1. The average Bonchev–Trinajstić information content (AvgIpc) is 3.18. The highest BCUT2D eigenvalue weighted by molar-refractivity contribution is 7.47. The number of rotatable bonds is 39. The molecule has 0 spiro atoms. The van der Waals surface area contributed by atoms with E-state index in [-0.39, 0.29) is 25.2 Å². The molecule has 0 saturated heterocycles. The number of phosphoric ester groups is 1. The number of phosphoric acid groups is 1. The summed E-state index contributed by atoms with van der Waals surface area (Å²) in [6.45, 7) is 2.09. The Morgan fingerprint density at radius 2 is 1.11 bits per heavy atom. The van der Waals surface area contributed by atoms with Gasteiger partial charge in [0.05, 0.1) is 19.8 Å². The fraction of sp³-hybridized carbons (Fsp3) is 0.705. The summed E-state index contributed by atoms with van der Waals surface area (Å²) >= 11 is 0. The summed E-state index contributed by atoms with van der Waals surface area (Å²) in [5.41, 5.74) is 0. The van der Waals surface area contributed by atoms with Gasteiger partial charge in [-0.05, 0) is 70.3 Å². The molecule has 0 aliphatic carbocycles. The van der Waals surface area contributed by atoms with Crippen LogP contribution >= 0.6 is 7.82 Å². The molecule has 0 amide bonds. The maximum absolute atomic E-state index is 12.6. The lowest BCUT2D eigenvalue weighted by Gasteiger charge is -2.20. The first kappa shape index (κ1) is 53.3. The van der Waals surface area contributed by atoms with Gasteiger partial charge in [0.15, 0.2) is 11.9 Å².